The smallest absolute Gasteiger partial charge is 0.339 e. The Morgan fingerprint density at radius 1 is 1.00 bits per heavy atom. The van der Waals surface area contributed by atoms with E-state index >= 15 is 0 Å². The molecular weight excluding hydrogens is 276 g/mol. The van der Waals surface area contributed by atoms with Gasteiger partial charge in [-0.05, 0) is 49.2 Å². The lowest BCUT2D eigenvalue weighted by Crippen LogP contribution is -2.11. The van der Waals surface area contributed by atoms with E-state index in [9.17, 15) is 8.42 Å². The normalized spacial score (nSPS) is 11.3. The minimum atomic E-state index is -3.95. The summed E-state index contributed by atoms with van der Waals surface area (Å²) in [6.07, 6.45) is 0. The maximum absolute atomic E-state index is 12.2. The highest BCUT2D eigenvalue weighted by atomic mass is 32.2. The van der Waals surface area contributed by atoms with Crippen LogP contribution in [-0.4, -0.2) is 8.42 Å². The van der Waals surface area contributed by atoms with E-state index in [1.165, 1.54) is 12.1 Å². The minimum Gasteiger partial charge on any atom is -0.398 e. The van der Waals surface area contributed by atoms with Crippen LogP contribution in [0.25, 0.3) is 0 Å². The molecule has 0 radical (unpaired) electrons. The van der Waals surface area contributed by atoms with Crippen LogP contribution in [0.1, 0.15) is 11.1 Å². The Morgan fingerprint density at radius 3 is 2.15 bits per heavy atom. The topological polar surface area (TPSA) is 95.4 Å². The van der Waals surface area contributed by atoms with Gasteiger partial charge in [0.05, 0.1) is 0 Å². The highest BCUT2D eigenvalue weighted by molar-refractivity contribution is 7.87. The first kappa shape index (κ1) is 14.2. The number of anilines is 2. The molecule has 0 amide bonds. The van der Waals surface area contributed by atoms with Gasteiger partial charge in [-0.25, -0.2) is 0 Å². The van der Waals surface area contributed by atoms with Crippen LogP contribution < -0.4 is 15.7 Å². The Kier molecular flexibility index (Phi) is 3.59. The molecule has 5 nitrogen and oxygen atoms in total. The summed E-state index contributed by atoms with van der Waals surface area (Å²) in [5.74, 6) is 0.253. The molecule has 0 fully saturated rings. The van der Waals surface area contributed by atoms with Gasteiger partial charge in [0.2, 0.25) is 0 Å². The SMILES string of the molecule is Cc1cccc(OS(=O)(=O)c2cc(N)c(C)c(N)c2)c1. The highest BCUT2D eigenvalue weighted by Gasteiger charge is 2.19. The number of nitrogen functional groups attached to an aromatic ring is 2. The molecule has 0 heterocycles. The van der Waals surface area contributed by atoms with Gasteiger partial charge in [0.15, 0.2) is 0 Å². The molecular formula is C14H16N2O3S. The lowest BCUT2D eigenvalue weighted by molar-refractivity contribution is 0.486. The molecule has 20 heavy (non-hydrogen) atoms. The summed E-state index contributed by atoms with van der Waals surface area (Å²) in [7, 11) is -3.95. The maximum Gasteiger partial charge on any atom is 0.339 e. The van der Waals surface area contributed by atoms with Crippen molar-refractivity contribution in [3.05, 3.63) is 47.5 Å². The van der Waals surface area contributed by atoms with Crippen LogP contribution in [-0.2, 0) is 10.1 Å². The molecule has 0 unspecified atom stereocenters. The van der Waals surface area contributed by atoms with E-state index < -0.39 is 10.1 Å². The molecule has 106 valence electrons. The van der Waals surface area contributed by atoms with Crippen molar-refractivity contribution in [2.75, 3.05) is 11.5 Å². The second kappa shape index (κ2) is 5.05. The zero-order chi connectivity index (χ0) is 14.9. The molecule has 0 atom stereocenters. The van der Waals surface area contributed by atoms with Crippen molar-refractivity contribution in [2.45, 2.75) is 18.7 Å². The fraction of sp³-hybridized carbons (Fsp3) is 0.143. The van der Waals surface area contributed by atoms with Crippen LogP contribution in [0, 0.1) is 13.8 Å². The van der Waals surface area contributed by atoms with Crippen LogP contribution in [0.3, 0.4) is 0 Å². The zero-order valence-corrected chi connectivity index (χ0v) is 12.1. The molecule has 2 aromatic carbocycles. The Labute approximate surface area is 118 Å². The number of aryl methyl sites for hydroxylation is 1. The van der Waals surface area contributed by atoms with Crippen molar-refractivity contribution in [1.82, 2.24) is 0 Å². The summed E-state index contributed by atoms with van der Waals surface area (Å²) in [6.45, 7) is 3.57. The van der Waals surface area contributed by atoms with E-state index in [4.69, 9.17) is 15.7 Å². The first-order valence-electron chi connectivity index (χ1n) is 5.96. The third-order valence-electron chi connectivity index (χ3n) is 2.95. The van der Waals surface area contributed by atoms with E-state index in [1.54, 1.807) is 25.1 Å². The average Bonchev–Trinajstić information content (AvgIpc) is 2.34. The minimum absolute atomic E-state index is 0.0559. The van der Waals surface area contributed by atoms with Crippen LogP contribution in [0.4, 0.5) is 11.4 Å². The molecule has 0 saturated heterocycles. The molecule has 0 aromatic heterocycles. The third-order valence-corrected chi connectivity index (χ3v) is 4.17. The number of hydrogen-bond acceptors (Lipinski definition) is 5. The Hall–Kier alpha value is -2.21. The van der Waals surface area contributed by atoms with Crippen LogP contribution in [0.2, 0.25) is 0 Å². The van der Waals surface area contributed by atoms with Gasteiger partial charge < -0.3 is 15.7 Å². The van der Waals surface area contributed by atoms with Crippen molar-refractivity contribution in [3.63, 3.8) is 0 Å². The molecule has 0 saturated carbocycles. The van der Waals surface area contributed by atoms with Gasteiger partial charge in [0.1, 0.15) is 10.6 Å². The van der Waals surface area contributed by atoms with E-state index in [0.717, 1.165) is 5.56 Å². The molecule has 2 aromatic rings. The Bertz CT molecular complexity index is 732. The van der Waals surface area contributed by atoms with E-state index in [-0.39, 0.29) is 10.6 Å². The molecule has 2 rings (SSSR count). The van der Waals surface area contributed by atoms with Gasteiger partial charge in [0, 0.05) is 11.4 Å². The molecule has 0 spiro atoms. The van der Waals surface area contributed by atoms with Gasteiger partial charge >= 0.3 is 10.1 Å². The van der Waals surface area contributed by atoms with E-state index in [1.807, 2.05) is 13.0 Å². The predicted molar refractivity (Wildman–Crippen MR) is 79.0 cm³/mol. The summed E-state index contributed by atoms with van der Waals surface area (Å²) < 4.78 is 29.5. The molecule has 0 aliphatic rings. The predicted octanol–water partition coefficient (Wildman–Crippen LogP) is 2.24. The average molecular weight is 292 g/mol. The fourth-order valence-electron chi connectivity index (χ4n) is 1.72. The van der Waals surface area contributed by atoms with Crippen LogP contribution in [0.15, 0.2) is 41.3 Å². The summed E-state index contributed by atoms with van der Waals surface area (Å²) >= 11 is 0. The number of benzene rings is 2. The summed E-state index contributed by atoms with van der Waals surface area (Å²) in [6, 6.07) is 9.47. The zero-order valence-electron chi connectivity index (χ0n) is 11.3. The summed E-state index contributed by atoms with van der Waals surface area (Å²) in [4.78, 5) is -0.0559. The van der Waals surface area contributed by atoms with Crippen molar-refractivity contribution < 1.29 is 12.6 Å². The highest BCUT2D eigenvalue weighted by Crippen LogP contribution is 2.26. The summed E-state index contributed by atoms with van der Waals surface area (Å²) in [5, 5.41) is 0. The van der Waals surface area contributed by atoms with Gasteiger partial charge in [-0.2, -0.15) is 8.42 Å². The van der Waals surface area contributed by atoms with Gasteiger partial charge in [0.25, 0.3) is 0 Å². The Morgan fingerprint density at radius 2 is 1.60 bits per heavy atom. The molecule has 0 aliphatic carbocycles. The Balaban J connectivity index is 2.41. The monoisotopic (exact) mass is 292 g/mol. The summed E-state index contributed by atoms with van der Waals surface area (Å²) in [5.41, 5.74) is 13.7. The van der Waals surface area contributed by atoms with E-state index in [0.29, 0.717) is 16.9 Å². The van der Waals surface area contributed by atoms with E-state index in [2.05, 4.69) is 0 Å². The largest absolute Gasteiger partial charge is 0.398 e. The number of rotatable bonds is 3. The van der Waals surface area contributed by atoms with Gasteiger partial charge in [-0.1, -0.05) is 12.1 Å². The van der Waals surface area contributed by atoms with Crippen molar-refractivity contribution >= 4 is 21.5 Å². The quantitative estimate of drug-likeness (QED) is 0.668. The third kappa shape index (κ3) is 2.85. The molecule has 6 heteroatoms. The number of hydrogen-bond donors (Lipinski definition) is 2. The van der Waals surface area contributed by atoms with Crippen LogP contribution >= 0.6 is 0 Å². The molecule has 4 N–H and O–H groups in total. The molecule has 0 bridgehead atoms. The molecule has 0 aliphatic heterocycles. The van der Waals surface area contributed by atoms with Gasteiger partial charge in [-0.15, -0.1) is 0 Å². The second-order valence-corrected chi connectivity index (χ2v) is 6.13. The van der Waals surface area contributed by atoms with Crippen LogP contribution in [0.5, 0.6) is 5.75 Å². The number of nitrogens with two attached hydrogens (primary N) is 2. The van der Waals surface area contributed by atoms with Crippen molar-refractivity contribution in [2.24, 2.45) is 0 Å². The van der Waals surface area contributed by atoms with Gasteiger partial charge in [-0.3, -0.25) is 0 Å². The maximum atomic E-state index is 12.2. The first-order valence-corrected chi connectivity index (χ1v) is 7.37. The van der Waals surface area contributed by atoms with Crippen molar-refractivity contribution in [1.29, 1.82) is 0 Å². The fourth-order valence-corrected chi connectivity index (χ4v) is 2.71. The lowest BCUT2D eigenvalue weighted by atomic mass is 10.2. The second-order valence-electron chi connectivity index (χ2n) is 4.58. The standard InChI is InChI=1S/C14H16N2O3S/c1-9-4-3-5-11(6-9)19-20(17,18)12-7-13(15)10(2)14(16)8-12/h3-8H,15-16H2,1-2H3. The first-order chi connectivity index (χ1) is 9.29. The van der Waals surface area contributed by atoms with Crippen molar-refractivity contribution in [3.8, 4) is 5.75 Å². The lowest BCUT2D eigenvalue weighted by Gasteiger charge is -2.11.